The molecule has 0 spiro atoms. The van der Waals surface area contributed by atoms with Gasteiger partial charge in [-0.2, -0.15) is 0 Å². The lowest BCUT2D eigenvalue weighted by atomic mass is 10.1. The van der Waals surface area contributed by atoms with Gasteiger partial charge in [0.1, 0.15) is 0 Å². The van der Waals surface area contributed by atoms with Crippen molar-refractivity contribution in [3.63, 3.8) is 0 Å². The molecule has 0 saturated carbocycles. The van der Waals surface area contributed by atoms with Crippen LogP contribution in [-0.4, -0.2) is 0 Å². The van der Waals surface area contributed by atoms with Gasteiger partial charge in [-0.1, -0.05) is 24.3 Å². The van der Waals surface area contributed by atoms with Crippen molar-refractivity contribution in [1.82, 2.24) is 0 Å². The van der Waals surface area contributed by atoms with Crippen molar-refractivity contribution in [1.29, 1.82) is 0 Å². The van der Waals surface area contributed by atoms with Gasteiger partial charge in [-0.15, -0.1) is 74.4 Å². The van der Waals surface area contributed by atoms with Crippen LogP contribution in [-0.2, 0) is 0 Å². The average Bonchev–Trinajstić information content (AvgIpc) is 1.77. The topological polar surface area (TPSA) is 0 Å². The van der Waals surface area contributed by atoms with Gasteiger partial charge in [0.05, 0.1) is 0 Å². The highest BCUT2D eigenvalue weighted by atomic mass is 35.5. The van der Waals surface area contributed by atoms with E-state index in [-0.39, 0.29) is 74.4 Å². The smallest absolute Gasteiger partial charge is 0.0395 e. The molecule has 1 rings (SSSR count). The number of aryl methyl sites for hydroxylation is 2. The maximum absolute atomic E-state index is 2.12. The molecular formula is C8H16Cl6. The lowest BCUT2D eigenvalue weighted by Crippen LogP contribution is -1.74. The molecule has 0 heterocycles. The fraction of sp³-hybridized carbons (Fsp3) is 0.250. The van der Waals surface area contributed by atoms with Gasteiger partial charge >= 0.3 is 0 Å². The van der Waals surface area contributed by atoms with E-state index in [4.69, 9.17) is 0 Å². The normalized spacial score (nSPS) is 5.29. The number of halogens is 6. The van der Waals surface area contributed by atoms with E-state index in [2.05, 4.69) is 38.1 Å². The van der Waals surface area contributed by atoms with Crippen molar-refractivity contribution < 1.29 is 0 Å². The molecule has 14 heavy (non-hydrogen) atoms. The Kier molecular flexibility index (Phi) is 50.6. The largest absolute Gasteiger partial charge is 0.147 e. The molecule has 0 saturated heterocycles. The van der Waals surface area contributed by atoms with Crippen molar-refractivity contribution in [3.05, 3.63) is 35.4 Å². The molecule has 6 heteroatoms. The highest BCUT2D eigenvalue weighted by Gasteiger charge is 1.83. The molecule has 0 nitrogen and oxygen atoms in total. The zero-order valence-corrected chi connectivity index (χ0v) is 12.7. The number of rotatable bonds is 0. The summed E-state index contributed by atoms with van der Waals surface area (Å²) in [6, 6.07) is 8.36. The molecular weight excluding hydrogens is 309 g/mol. The summed E-state index contributed by atoms with van der Waals surface area (Å²) in [4.78, 5) is 0. The molecule has 1 aromatic rings. The molecule has 0 radical (unpaired) electrons. The third-order valence-corrected chi connectivity index (χ3v) is 1.43. The van der Waals surface area contributed by atoms with E-state index in [1.165, 1.54) is 11.1 Å². The highest BCUT2D eigenvalue weighted by Crippen LogP contribution is 2.02. The van der Waals surface area contributed by atoms with Crippen LogP contribution in [0.4, 0.5) is 0 Å². The van der Waals surface area contributed by atoms with E-state index >= 15 is 0 Å². The van der Waals surface area contributed by atoms with Crippen LogP contribution < -0.4 is 0 Å². The van der Waals surface area contributed by atoms with Gasteiger partial charge in [0, 0.05) is 0 Å². The van der Waals surface area contributed by atoms with Crippen molar-refractivity contribution in [2.75, 3.05) is 0 Å². The first-order chi connectivity index (χ1) is 3.80. The van der Waals surface area contributed by atoms with Crippen LogP contribution in [0.5, 0.6) is 0 Å². The van der Waals surface area contributed by atoms with Crippen molar-refractivity contribution >= 4 is 74.4 Å². The van der Waals surface area contributed by atoms with Gasteiger partial charge in [0.2, 0.25) is 0 Å². The Balaban J connectivity index is -0.0000000267. The number of hydrogen-bond donors (Lipinski definition) is 0. The Bertz CT molecular complexity index is 170. The second kappa shape index (κ2) is 19.5. The van der Waals surface area contributed by atoms with Gasteiger partial charge in [-0.25, -0.2) is 0 Å². The quantitative estimate of drug-likeness (QED) is 0.641. The van der Waals surface area contributed by atoms with Crippen LogP contribution in [0.3, 0.4) is 0 Å². The fourth-order valence-electron chi connectivity index (χ4n) is 0.663. The second-order valence-corrected chi connectivity index (χ2v) is 2.08. The monoisotopic (exact) mass is 322 g/mol. The molecule has 0 unspecified atom stereocenters. The van der Waals surface area contributed by atoms with Gasteiger partial charge < -0.3 is 0 Å². The van der Waals surface area contributed by atoms with Gasteiger partial charge in [0.25, 0.3) is 0 Å². The van der Waals surface area contributed by atoms with Crippen LogP contribution in [0.25, 0.3) is 0 Å². The van der Waals surface area contributed by atoms with Gasteiger partial charge in [-0.3, -0.25) is 0 Å². The minimum atomic E-state index is 0. The van der Waals surface area contributed by atoms with Crippen LogP contribution in [0, 0.1) is 13.8 Å². The lowest BCUT2D eigenvalue weighted by Gasteiger charge is -1.93. The standard InChI is InChI=1S/C8H10.6ClH/c1-7-5-3-4-6-8(7)2;;;;;;/h3-6H,1-2H3;6*1H. The van der Waals surface area contributed by atoms with E-state index < -0.39 is 0 Å². The zero-order chi connectivity index (χ0) is 5.98. The number of hydrogen-bond acceptors (Lipinski definition) is 0. The van der Waals surface area contributed by atoms with Crippen molar-refractivity contribution in [2.24, 2.45) is 0 Å². The van der Waals surface area contributed by atoms with Crippen molar-refractivity contribution in [3.8, 4) is 0 Å². The molecule has 0 aliphatic rings. The Morgan fingerprint density at radius 3 is 0.929 bits per heavy atom. The predicted molar refractivity (Wildman–Crippen MR) is 79.4 cm³/mol. The zero-order valence-electron chi connectivity index (χ0n) is 7.76. The molecule has 90 valence electrons. The summed E-state index contributed by atoms with van der Waals surface area (Å²) in [6.45, 7) is 4.24. The summed E-state index contributed by atoms with van der Waals surface area (Å²) in [5.74, 6) is 0. The highest BCUT2D eigenvalue weighted by molar-refractivity contribution is 5.86. The van der Waals surface area contributed by atoms with Crippen molar-refractivity contribution in [2.45, 2.75) is 13.8 Å². The summed E-state index contributed by atoms with van der Waals surface area (Å²) in [6.07, 6.45) is 0. The Labute approximate surface area is 123 Å². The molecule has 1 aromatic carbocycles. The molecule has 0 N–H and O–H groups in total. The molecule has 0 atom stereocenters. The maximum atomic E-state index is 2.12. The first-order valence-electron chi connectivity index (χ1n) is 2.83. The fourth-order valence-corrected chi connectivity index (χ4v) is 0.663. The maximum Gasteiger partial charge on any atom is -0.0395 e. The van der Waals surface area contributed by atoms with Gasteiger partial charge in [0.15, 0.2) is 0 Å². The van der Waals surface area contributed by atoms with E-state index in [9.17, 15) is 0 Å². The third-order valence-electron chi connectivity index (χ3n) is 1.43. The van der Waals surface area contributed by atoms with E-state index in [1.54, 1.807) is 0 Å². The first-order valence-corrected chi connectivity index (χ1v) is 2.83. The molecule has 0 aromatic heterocycles. The number of benzene rings is 1. The van der Waals surface area contributed by atoms with Gasteiger partial charge in [-0.05, 0) is 25.0 Å². The molecule has 0 fully saturated rings. The SMILES string of the molecule is Cc1ccccc1C.Cl.Cl.Cl.Cl.Cl.Cl. The predicted octanol–water partition coefficient (Wildman–Crippen LogP) is 4.83. The molecule has 0 amide bonds. The summed E-state index contributed by atoms with van der Waals surface area (Å²) in [7, 11) is 0. The lowest BCUT2D eigenvalue weighted by molar-refractivity contribution is 1.34. The summed E-state index contributed by atoms with van der Waals surface area (Å²) < 4.78 is 0. The van der Waals surface area contributed by atoms with E-state index in [0.29, 0.717) is 0 Å². The first kappa shape index (κ1) is 36.3. The van der Waals surface area contributed by atoms with E-state index in [0.717, 1.165) is 0 Å². The minimum absolute atomic E-state index is 0. The van der Waals surface area contributed by atoms with Crippen LogP contribution >= 0.6 is 74.4 Å². The molecule has 0 aliphatic carbocycles. The molecule has 0 bridgehead atoms. The second-order valence-electron chi connectivity index (χ2n) is 2.08. The average molecular weight is 325 g/mol. The third kappa shape index (κ3) is 13.0. The summed E-state index contributed by atoms with van der Waals surface area (Å²) in [5, 5.41) is 0. The molecule has 0 aliphatic heterocycles. The van der Waals surface area contributed by atoms with E-state index in [1.807, 2.05) is 0 Å². The Morgan fingerprint density at radius 1 is 0.571 bits per heavy atom. The van der Waals surface area contributed by atoms with Crippen LogP contribution in [0.2, 0.25) is 0 Å². The minimum Gasteiger partial charge on any atom is -0.147 e. The Morgan fingerprint density at radius 2 is 0.786 bits per heavy atom. The summed E-state index contributed by atoms with van der Waals surface area (Å²) >= 11 is 0. The van der Waals surface area contributed by atoms with Crippen LogP contribution in [0.1, 0.15) is 11.1 Å². The Hall–Kier alpha value is 0.960. The summed E-state index contributed by atoms with van der Waals surface area (Å²) in [5.41, 5.74) is 2.74. The van der Waals surface area contributed by atoms with Crippen LogP contribution in [0.15, 0.2) is 24.3 Å².